The van der Waals surface area contributed by atoms with Crippen molar-refractivity contribution in [3.63, 3.8) is 0 Å². The van der Waals surface area contributed by atoms with Crippen LogP contribution in [-0.2, 0) is 11.2 Å². The Morgan fingerprint density at radius 1 is 1.35 bits per heavy atom. The van der Waals surface area contributed by atoms with Crippen LogP contribution in [-0.4, -0.2) is 23.7 Å². The Kier molecular flexibility index (Phi) is 3.43. The van der Waals surface area contributed by atoms with E-state index in [2.05, 4.69) is 5.32 Å². The van der Waals surface area contributed by atoms with Gasteiger partial charge >= 0.3 is 0 Å². The number of para-hydroxylation sites is 1. The lowest BCUT2D eigenvalue weighted by Crippen LogP contribution is -2.39. The minimum Gasteiger partial charge on any atom is -0.480 e. The summed E-state index contributed by atoms with van der Waals surface area (Å²) < 4.78 is 10.6. The number of aliphatic hydroxyl groups excluding tert-OH is 1. The number of carbonyl (C=O) groups is 1. The molecule has 2 N–H and O–H groups in total. The monoisotopic (exact) mass is 273 g/mol. The van der Waals surface area contributed by atoms with Crippen molar-refractivity contribution in [1.82, 2.24) is 5.32 Å². The smallest absolute Gasteiger partial charge is 0.261 e. The lowest BCUT2D eigenvalue weighted by atomic mass is 10.1. The van der Waals surface area contributed by atoms with Gasteiger partial charge in [-0.2, -0.15) is 0 Å². The Hall–Kier alpha value is -2.27. The summed E-state index contributed by atoms with van der Waals surface area (Å²) in [6.07, 6.45) is 0.657. The third-order valence-electron chi connectivity index (χ3n) is 3.28. The van der Waals surface area contributed by atoms with Crippen molar-refractivity contribution < 1.29 is 19.1 Å². The van der Waals surface area contributed by atoms with E-state index in [1.165, 1.54) is 6.26 Å². The summed E-state index contributed by atoms with van der Waals surface area (Å²) >= 11 is 0. The normalized spacial score (nSPS) is 18.1. The van der Waals surface area contributed by atoms with Gasteiger partial charge in [-0.15, -0.1) is 0 Å². The van der Waals surface area contributed by atoms with E-state index in [0.717, 1.165) is 11.3 Å². The van der Waals surface area contributed by atoms with Crippen LogP contribution >= 0.6 is 0 Å². The van der Waals surface area contributed by atoms with Crippen LogP contribution in [0.15, 0.2) is 47.1 Å². The average molecular weight is 273 g/mol. The fourth-order valence-electron chi connectivity index (χ4n) is 2.22. The molecule has 2 atom stereocenters. The molecule has 104 valence electrons. The highest BCUT2D eigenvalue weighted by Crippen LogP contribution is 2.28. The van der Waals surface area contributed by atoms with Gasteiger partial charge in [0.05, 0.1) is 12.8 Å². The first-order chi connectivity index (χ1) is 9.74. The summed E-state index contributed by atoms with van der Waals surface area (Å²) in [4.78, 5) is 12.0. The molecule has 1 amide bonds. The minimum absolute atomic E-state index is 0.0998. The van der Waals surface area contributed by atoms with Crippen molar-refractivity contribution in [1.29, 1.82) is 0 Å². The first kappa shape index (κ1) is 12.7. The summed E-state index contributed by atoms with van der Waals surface area (Å²) in [5.74, 6) is 0.951. The summed E-state index contributed by atoms with van der Waals surface area (Å²) in [6.45, 7) is 0.0998. The van der Waals surface area contributed by atoms with Crippen LogP contribution < -0.4 is 10.1 Å². The maximum Gasteiger partial charge on any atom is 0.261 e. The van der Waals surface area contributed by atoms with E-state index >= 15 is 0 Å². The van der Waals surface area contributed by atoms with Crippen LogP contribution in [0.25, 0.3) is 0 Å². The maximum atomic E-state index is 12.0. The number of hydrogen-bond donors (Lipinski definition) is 2. The van der Waals surface area contributed by atoms with E-state index in [1.807, 2.05) is 24.3 Å². The van der Waals surface area contributed by atoms with Crippen molar-refractivity contribution in [3.8, 4) is 5.75 Å². The van der Waals surface area contributed by atoms with Gasteiger partial charge in [0.15, 0.2) is 6.10 Å². The van der Waals surface area contributed by atoms with E-state index in [0.29, 0.717) is 12.2 Å². The lowest BCUT2D eigenvalue weighted by Gasteiger charge is -2.13. The van der Waals surface area contributed by atoms with Crippen LogP contribution in [0, 0.1) is 0 Å². The molecular formula is C15H15NO4. The first-order valence-corrected chi connectivity index (χ1v) is 6.48. The standard InChI is InChI=1S/C15H15NO4/c17-11(13-6-3-7-19-13)9-16-15(18)14-8-10-4-1-2-5-12(10)20-14/h1-7,11,14,17H,8-9H2,(H,16,18). The Labute approximate surface area is 116 Å². The Bertz CT molecular complexity index is 569. The van der Waals surface area contributed by atoms with Gasteiger partial charge in [-0.3, -0.25) is 4.79 Å². The van der Waals surface area contributed by atoms with Crippen molar-refractivity contribution in [2.75, 3.05) is 6.54 Å². The fourth-order valence-corrected chi connectivity index (χ4v) is 2.22. The summed E-state index contributed by atoms with van der Waals surface area (Å²) in [5, 5.41) is 12.5. The molecule has 1 aromatic carbocycles. The molecule has 5 heteroatoms. The zero-order valence-corrected chi connectivity index (χ0v) is 10.8. The number of benzene rings is 1. The highest BCUT2D eigenvalue weighted by Gasteiger charge is 2.29. The predicted octanol–water partition coefficient (Wildman–Crippen LogP) is 1.43. The molecule has 2 aromatic rings. The molecule has 0 aliphatic carbocycles. The molecular weight excluding hydrogens is 258 g/mol. The van der Waals surface area contributed by atoms with Crippen LogP contribution in [0.5, 0.6) is 5.75 Å². The molecule has 3 rings (SSSR count). The molecule has 1 aliphatic rings. The second-order valence-electron chi connectivity index (χ2n) is 4.69. The number of rotatable bonds is 4. The second-order valence-corrected chi connectivity index (χ2v) is 4.69. The second kappa shape index (κ2) is 5.38. The number of carbonyl (C=O) groups excluding carboxylic acids is 1. The van der Waals surface area contributed by atoms with Gasteiger partial charge in [0.1, 0.15) is 17.6 Å². The maximum absolute atomic E-state index is 12.0. The van der Waals surface area contributed by atoms with Gasteiger partial charge in [0.2, 0.25) is 0 Å². The number of hydrogen-bond acceptors (Lipinski definition) is 4. The molecule has 0 saturated carbocycles. The zero-order chi connectivity index (χ0) is 13.9. The van der Waals surface area contributed by atoms with E-state index in [1.54, 1.807) is 12.1 Å². The Morgan fingerprint density at radius 3 is 2.95 bits per heavy atom. The van der Waals surface area contributed by atoms with Crippen molar-refractivity contribution in [3.05, 3.63) is 54.0 Å². The van der Waals surface area contributed by atoms with E-state index in [9.17, 15) is 9.90 Å². The lowest BCUT2D eigenvalue weighted by molar-refractivity contribution is -0.127. The van der Waals surface area contributed by atoms with Crippen molar-refractivity contribution in [2.24, 2.45) is 0 Å². The Morgan fingerprint density at radius 2 is 2.20 bits per heavy atom. The molecule has 20 heavy (non-hydrogen) atoms. The van der Waals surface area contributed by atoms with Gasteiger partial charge in [-0.25, -0.2) is 0 Å². The fraction of sp³-hybridized carbons (Fsp3) is 0.267. The molecule has 2 unspecified atom stereocenters. The summed E-state index contributed by atoms with van der Waals surface area (Å²) in [6, 6.07) is 10.9. The number of furan rings is 1. The molecule has 1 aromatic heterocycles. The summed E-state index contributed by atoms with van der Waals surface area (Å²) in [5.41, 5.74) is 1.03. The number of amides is 1. The quantitative estimate of drug-likeness (QED) is 0.884. The van der Waals surface area contributed by atoms with Gasteiger partial charge in [-0.1, -0.05) is 18.2 Å². The highest BCUT2D eigenvalue weighted by molar-refractivity contribution is 5.82. The number of aliphatic hydroxyl groups is 1. The molecule has 5 nitrogen and oxygen atoms in total. The van der Waals surface area contributed by atoms with Crippen LogP contribution in [0.4, 0.5) is 0 Å². The summed E-state index contributed by atoms with van der Waals surface area (Å²) in [7, 11) is 0. The van der Waals surface area contributed by atoms with Gasteiger partial charge in [-0.05, 0) is 23.8 Å². The SMILES string of the molecule is O=C(NCC(O)c1ccco1)C1Cc2ccccc2O1. The molecule has 1 aliphatic heterocycles. The predicted molar refractivity (Wildman–Crippen MR) is 71.2 cm³/mol. The minimum atomic E-state index is -0.849. The zero-order valence-electron chi connectivity index (χ0n) is 10.8. The van der Waals surface area contributed by atoms with Gasteiger partial charge < -0.3 is 19.6 Å². The number of ether oxygens (including phenoxy) is 1. The van der Waals surface area contributed by atoms with Crippen LogP contribution in [0.2, 0.25) is 0 Å². The molecule has 0 bridgehead atoms. The van der Waals surface area contributed by atoms with Gasteiger partial charge in [0.25, 0.3) is 5.91 Å². The van der Waals surface area contributed by atoms with E-state index < -0.39 is 12.2 Å². The number of fused-ring (bicyclic) bond motifs is 1. The topological polar surface area (TPSA) is 71.7 Å². The van der Waals surface area contributed by atoms with Crippen molar-refractivity contribution >= 4 is 5.91 Å². The van der Waals surface area contributed by atoms with Crippen LogP contribution in [0.3, 0.4) is 0 Å². The highest BCUT2D eigenvalue weighted by atomic mass is 16.5. The molecule has 0 saturated heterocycles. The molecule has 0 spiro atoms. The molecule has 0 radical (unpaired) electrons. The number of nitrogens with one attached hydrogen (secondary N) is 1. The van der Waals surface area contributed by atoms with Crippen LogP contribution in [0.1, 0.15) is 17.4 Å². The van der Waals surface area contributed by atoms with Crippen molar-refractivity contribution in [2.45, 2.75) is 18.6 Å². The Balaban J connectivity index is 1.54. The molecule has 0 fully saturated rings. The van der Waals surface area contributed by atoms with E-state index in [4.69, 9.17) is 9.15 Å². The van der Waals surface area contributed by atoms with Gasteiger partial charge in [0, 0.05) is 6.42 Å². The largest absolute Gasteiger partial charge is 0.480 e. The average Bonchev–Trinajstić information content (AvgIpc) is 3.12. The third-order valence-corrected chi connectivity index (χ3v) is 3.28. The molecule has 2 heterocycles. The third kappa shape index (κ3) is 2.53. The first-order valence-electron chi connectivity index (χ1n) is 6.48. The van der Waals surface area contributed by atoms with E-state index in [-0.39, 0.29) is 12.5 Å².